The van der Waals surface area contributed by atoms with Crippen molar-refractivity contribution in [2.24, 2.45) is 0 Å². The van der Waals surface area contributed by atoms with E-state index in [0.717, 1.165) is 5.56 Å². The topological polar surface area (TPSA) is 23.8 Å². The molecule has 0 atom stereocenters. The van der Waals surface area contributed by atoms with Crippen LogP contribution in [0.2, 0.25) is 0 Å². The molecule has 1 rings (SSSR count). The Labute approximate surface area is 77.1 Å². The Balaban J connectivity index is 2.81. The monoisotopic (exact) mass is 175 g/mol. The van der Waals surface area contributed by atoms with Crippen LogP contribution in [0.25, 0.3) is 6.08 Å². The van der Waals surface area contributed by atoms with Crippen molar-refractivity contribution in [3.63, 3.8) is 0 Å². The summed E-state index contributed by atoms with van der Waals surface area (Å²) in [7, 11) is 0. The van der Waals surface area contributed by atoms with Crippen LogP contribution in [0.4, 0.5) is 4.39 Å². The Kier molecular flexibility index (Phi) is 3.22. The van der Waals surface area contributed by atoms with Crippen molar-refractivity contribution in [3.05, 3.63) is 41.2 Å². The molecular weight excluding hydrogens is 165 g/mol. The highest BCUT2D eigenvalue weighted by molar-refractivity contribution is 5.50. The predicted octanol–water partition coefficient (Wildman–Crippen LogP) is 3.06. The summed E-state index contributed by atoms with van der Waals surface area (Å²) in [4.78, 5) is 0. The van der Waals surface area contributed by atoms with Crippen molar-refractivity contribution in [1.29, 1.82) is 5.26 Å². The minimum Gasteiger partial charge on any atom is -0.207 e. The van der Waals surface area contributed by atoms with E-state index in [-0.39, 0.29) is 5.82 Å². The fourth-order valence-corrected chi connectivity index (χ4v) is 0.960. The Morgan fingerprint density at radius 1 is 1.54 bits per heavy atom. The molecule has 0 bridgehead atoms. The fraction of sp³-hybridized carbons (Fsp3) is 0.182. The third-order valence-corrected chi connectivity index (χ3v) is 1.72. The molecule has 0 saturated carbocycles. The number of nitrogens with zero attached hydrogens (tertiary/aromatic N) is 1. The lowest BCUT2D eigenvalue weighted by Gasteiger charge is -1.96. The minimum absolute atomic E-state index is 0.209. The fourth-order valence-electron chi connectivity index (χ4n) is 0.960. The van der Waals surface area contributed by atoms with Crippen molar-refractivity contribution in [3.8, 4) is 6.07 Å². The molecule has 0 radical (unpaired) electrons. The van der Waals surface area contributed by atoms with Gasteiger partial charge in [-0.2, -0.15) is 5.26 Å². The van der Waals surface area contributed by atoms with Crippen molar-refractivity contribution in [2.75, 3.05) is 0 Å². The summed E-state index contributed by atoms with van der Waals surface area (Å²) in [6.07, 6.45) is 3.81. The summed E-state index contributed by atoms with van der Waals surface area (Å²) >= 11 is 0. The molecule has 0 heterocycles. The van der Waals surface area contributed by atoms with Crippen LogP contribution in [0.1, 0.15) is 17.5 Å². The predicted molar refractivity (Wildman–Crippen MR) is 50.4 cm³/mol. The smallest absolute Gasteiger partial charge is 0.126 e. The number of rotatable bonds is 2. The summed E-state index contributed by atoms with van der Waals surface area (Å²) in [6, 6.07) is 6.99. The molecule has 1 aromatic carbocycles. The zero-order valence-electron chi connectivity index (χ0n) is 7.42. The van der Waals surface area contributed by atoms with E-state index < -0.39 is 0 Å². The van der Waals surface area contributed by atoms with Gasteiger partial charge in [-0.3, -0.25) is 0 Å². The number of nitriles is 1. The minimum atomic E-state index is -0.209. The molecule has 0 aliphatic rings. The molecule has 0 aromatic heterocycles. The quantitative estimate of drug-likeness (QED) is 0.677. The second kappa shape index (κ2) is 4.42. The molecule has 0 spiro atoms. The third kappa shape index (κ3) is 2.72. The summed E-state index contributed by atoms with van der Waals surface area (Å²) in [5.41, 5.74) is 1.43. The average Bonchev–Trinajstić information content (AvgIpc) is 2.12. The SMILES string of the molecule is Cc1ccc(C=CCC#N)cc1F. The van der Waals surface area contributed by atoms with Crippen LogP contribution in [0.15, 0.2) is 24.3 Å². The molecule has 0 aliphatic heterocycles. The third-order valence-electron chi connectivity index (χ3n) is 1.72. The molecule has 0 N–H and O–H groups in total. The van der Waals surface area contributed by atoms with Gasteiger partial charge in [0.05, 0.1) is 12.5 Å². The van der Waals surface area contributed by atoms with E-state index >= 15 is 0 Å². The number of hydrogen-bond acceptors (Lipinski definition) is 1. The highest BCUT2D eigenvalue weighted by Crippen LogP contribution is 2.10. The lowest BCUT2D eigenvalue weighted by atomic mass is 10.1. The van der Waals surface area contributed by atoms with E-state index in [1.807, 2.05) is 12.1 Å². The van der Waals surface area contributed by atoms with Gasteiger partial charge >= 0.3 is 0 Å². The molecule has 0 aliphatic carbocycles. The van der Waals surface area contributed by atoms with Gasteiger partial charge in [0.25, 0.3) is 0 Å². The van der Waals surface area contributed by atoms with E-state index in [1.165, 1.54) is 6.07 Å². The molecule has 0 amide bonds. The lowest BCUT2D eigenvalue weighted by molar-refractivity contribution is 0.618. The largest absolute Gasteiger partial charge is 0.207 e. The number of hydrogen-bond donors (Lipinski definition) is 0. The molecule has 1 aromatic rings. The Morgan fingerprint density at radius 3 is 2.92 bits per heavy atom. The van der Waals surface area contributed by atoms with Gasteiger partial charge in [-0.25, -0.2) is 4.39 Å². The summed E-state index contributed by atoms with van der Waals surface area (Å²) in [5.74, 6) is -0.209. The van der Waals surface area contributed by atoms with E-state index in [1.54, 1.807) is 25.1 Å². The van der Waals surface area contributed by atoms with Gasteiger partial charge in [0, 0.05) is 0 Å². The lowest BCUT2D eigenvalue weighted by Crippen LogP contribution is -1.82. The molecule has 66 valence electrons. The standard InChI is InChI=1S/C11H10FN/c1-9-5-6-10(8-11(9)12)4-2-3-7-13/h2,4-6,8H,3H2,1H3. The van der Waals surface area contributed by atoms with Gasteiger partial charge in [0.15, 0.2) is 0 Å². The van der Waals surface area contributed by atoms with Crippen LogP contribution >= 0.6 is 0 Å². The van der Waals surface area contributed by atoms with Crippen LogP contribution in [-0.4, -0.2) is 0 Å². The maximum atomic E-state index is 13.0. The molecule has 2 heteroatoms. The normalized spacial score (nSPS) is 10.2. The first-order valence-electron chi connectivity index (χ1n) is 4.03. The van der Waals surface area contributed by atoms with Gasteiger partial charge in [-0.15, -0.1) is 0 Å². The second-order valence-electron chi connectivity index (χ2n) is 2.77. The Morgan fingerprint density at radius 2 is 2.31 bits per heavy atom. The summed E-state index contributed by atoms with van der Waals surface area (Å²) in [5, 5.41) is 8.27. The van der Waals surface area contributed by atoms with Gasteiger partial charge in [0.1, 0.15) is 5.82 Å². The van der Waals surface area contributed by atoms with Gasteiger partial charge in [-0.1, -0.05) is 24.3 Å². The van der Waals surface area contributed by atoms with E-state index in [2.05, 4.69) is 0 Å². The molecule has 1 nitrogen and oxygen atoms in total. The Hall–Kier alpha value is -1.62. The van der Waals surface area contributed by atoms with Crippen molar-refractivity contribution >= 4 is 6.08 Å². The van der Waals surface area contributed by atoms with Crippen LogP contribution in [0, 0.1) is 24.1 Å². The molecule has 0 unspecified atom stereocenters. The molecule has 0 fully saturated rings. The number of allylic oxidation sites excluding steroid dienone is 1. The van der Waals surface area contributed by atoms with E-state index in [0.29, 0.717) is 12.0 Å². The van der Waals surface area contributed by atoms with Crippen molar-refractivity contribution in [2.45, 2.75) is 13.3 Å². The second-order valence-corrected chi connectivity index (χ2v) is 2.77. The van der Waals surface area contributed by atoms with Crippen molar-refractivity contribution in [1.82, 2.24) is 0 Å². The van der Waals surface area contributed by atoms with E-state index in [9.17, 15) is 4.39 Å². The van der Waals surface area contributed by atoms with Gasteiger partial charge in [-0.05, 0) is 24.1 Å². The molecule has 13 heavy (non-hydrogen) atoms. The summed E-state index contributed by atoms with van der Waals surface area (Å²) < 4.78 is 13.0. The van der Waals surface area contributed by atoms with Crippen LogP contribution in [0.3, 0.4) is 0 Å². The first kappa shape index (κ1) is 9.47. The average molecular weight is 175 g/mol. The number of benzene rings is 1. The highest BCUT2D eigenvalue weighted by atomic mass is 19.1. The molecule has 0 saturated heterocycles. The first-order chi connectivity index (χ1) is 6.24. The summed E-state index contributed by atoms with van der Waals surface area (Å²) in [6.45, 7) is 1.72. The van der Waals surface area contributed by atoms with Crippen LogP contribution in [-0.2, 0) is 0 Å². The Bertz CT molecular complexity index is 361. The zero-order valence-corrected chi connectivity index (χ0v) is 7.42. The maximum Gasteiger partial charge on any atom is 0.126 e. The maximum absolute atomic E-state index is 13.0. The van der Waals surface area contributed by atoms with E-state index in [4.69, 9.17) is 5.26 Å². The number of aryl methyl sites for hydroxylation is 1. The first-order valence-corrected chi connectivity index (χ1v) is 4.03. The number of halogens is 1. The van der Waals surface area contributed by atoms with Crippen LogP contribution in [0.5, 0.6) is 0 Å². The van der Waals surface area contributed by atoms with Gasteiger partial charge in [0.2, 0.25) is 0 Å². The van der Waals surface area contributed by atoms with Gasteiger partial charge < -0.3 is 0 Å². The molecular formula is C11H10FN. The zero-order chi connectivity index (χ0) is 9.68. The van der Waals surface area contributed by atoms with Crippen LogP contribution < -0.4 is 0 Å². The van der Waals surface area contributed by atoms with Crippen molar-refractivity contribution < 1.29 is 4.39 Å². The highest BCUT2D eigenvalue weighted by Gasteiger charge is 1.95.